The van der Waals surface area contributed by atoms with Crippen molar-refractivity contribution in [3.05, 3.63) is 34.9 Å². The molecule has 0 aliphatic heterocycles. The summed E-state index contributed by atoms with van der Waals surface area (Å²) in [6.07, 6.45) is 0.335. The molecule has 0 spiro atoms. The Hall–Kier alpha value is -1.55. The molecule has 98 valence electrons. The van der Waals surface area contributed by atoms with Crippen LogP contribution in [0.4, 0.5) is 0 Å². The second kappa shape index (κ2) is 6.40. The number of hydrogen-bond acceptors (Lipinski definition) is 3. The van der Waals surface area contributed by atoms with Crippen molar-refractivity contribution in [2.75, 3.05) is 0 Å². The molecule has 0 saturated carbocycles. The minimum Gasteiger partial charge on any atom is -0.548 e. The predicted molar refractivity (Wildman–Crippen MR) is 67.2 cm³/mol. The summed E-state index contributed by atoms with van der Waals surface area (Å²) in [4.78, 5) is 22.7. The summed E-state index contributed by atoms with van der Waals surface area (Å²) in [6.45, 7) is 3.76. The van der Waals surface area contributed by atoms with E-state index in [9.17, 15) is 14.7 Å². The van der Waals surface area contributed by atoms with Crippen LogP contribution in [0.5, 0.6) is 0 Å². The third-order valence-electron chi connectivity index (χ3n) is 2.40. The Morgan fingerprint density at radius 1 is 1.28 bits per heavy atom. The molecule has 0 saturated heterocycles. The van der Waals surface area contributed by atoms with Gasteiger partial charge in [-0.2, -0.15) is 0 Å². The summed E-state index contributed by atoms with van der Waals surface area (Å²) in [5, 5.41) is 13.9. The lowest BCUT2D eigenvalue weighted by atomic mass is 10.0. The molecule has 1 aromatic rings. The average Bonchev–Trinajstić information content (AvgIpc) is 2.28. The molecule has 1 atom stereocenters. The maximum Gasteiger partial charge on any atom is 0.251 e. The van der Waals surface area contributed by atoms with Crippen LogP contribution in [0.1, 0.15) is 30.6 Å². The van der Waals surface area contributed by atoms with Gasteiger partial charge >= 0.3 is 0 Å². The number of carbonyl (C=O) groups excluding carboxylic acids is 2. The first-order chi connectivity index (χ1) is 8.40. The summed E-state index contributed by atoms with van der Waals surface area (Å²) in [5.41, 5.74) is 0.370. The molecule has 0 bridgehead atoms. The fourth-order valence-corrected chi connectivity index (χ4v) is 1.65. The van der Waals surface area contributed by atoms with Crippen molar-refractivity contribution in [1.29, 1.82) is 0 Å². The van der Waals surface area contributed by atoms with Crippen molar-refractivity contribution in [3.8, 4) is 0 Å². The van der Waals surface area contributed by atoms with Crippen LogP contribution in [0, 0.1) is 5.92 Å². The Morgan fingerprint density at radius 2 is 1.83 bits per heavy atom. The zero-order valence-corrected chi connectivity index (χ0v) is 11.0. The molecule has 0 aliphatic rings. The number of aliphatic carboxylic acids is 1. The molecular formula is C13H15ClNO3-. The summed E-state index contributed by atoms with van der Waals surface area (Å²) >= 11 is 5.71. The molecule has 0 radical (unpaired) electrons. The standard InChI is InChI=1S/C13H16ClNO3/c1-8(2)7-11(13(17)18)15-12(16)9-3-5-10(14)6-4-9/h3-6,8,11H,7H2,1-2H3,(H,15,16)(H,17,18)/p-1/t11-/m1/s1. The molecule has 0 aromatic heterocycles. The number of hydrogen-bond donors (Lipinski definition) is 1. The van der Waals surface area contributed by atoms with Crippen LogP contribution in [0.15, 0.2) is 24.3 Å². The smallest absolute Gasteiger partial charge is 0.251 e. The monoisotopic (exact) mass is 268 g/mol. The van der Waals surface area contributed by atoms with E-state index in [0.717, 1.165) is 0 Å². The molecule has 4 nitrogen and oxygen atoms in total. The van der Waals surface area contributed by atoms with Crippen molar-refractivity contribution in [1.82, 2.24) is 5.32 Å². The van der Waals surface area contributed by atoms with Crippen molar-refractivity contribution < 1.29 is 14.7 Å². The number of benzene rings is 1. The van der Waals surface area contributed by atoms with Gasteiger partial charge in [0.25, 0.3) is 5.91 Å². The van der Waals surface area contributed by atoms with E-state index in [2.05, 4.69) is 5.32 Å². The summed E-state index contributed by atoms with van der Waals surface area (Å²) in [5.74, 6) is -1.56. The topological polar surface area (TPSA) is 69.2 Å². The Balaban J connectivity index is 2.72. The van der Waals surface area contributed by atoms with E-state index in [1.54, 1.807) is 24.3 Å². The van der Waals surface area contributed by atoms with Gasteiger partial charge in [-0.15, -0.1) is 0 Å². The molecule has 5 heteroatoms. The minimum absolute atomic E-state index is 0.151. The quantitative estimate of drug-likeness (QED) is 0.873. The lowest BCUT2D eigenvalue weighted by Gasteiger charge is -2.21. The molecule has 1 N–H and O–H groups in total. The highest BCUT2D eigenvalue weighted by Crippen LogP contribution is 2.10. The van der Waals surface area contributed by atoms with E-state index in [4.69, 9.17) is 11.6 Å². The summed E-state index contributed by atoms with van der Waals surface area (Å²) in [7, 11) is 0. The van der Waals surface area contributed by atoms with Crippen LogP contribution in [0.3, 0.4) is 0 Å². The number of amides is 1. The minimum atomic E-state index is -1.27. The first-order valence-corrected chi connectivity index (χ1v) is 6.05. The van der Waals surface area contributed by atoms with Crippen LogP contribution in [0.25, 0.3) is 0 Å². The Morgan fingerprint density at radius 3 is 2.28 bits per heavy atom. The predicted octanol–water partition coefficient (Wildman–Crippen LogP) is 1.23. The van der Waals surface area contributed by atoms with E-state index in [-0.39, 0.29) is 5.92 Å². The van der Waals surface area contributed by atoms with E-state index in [1.807, 2.05) is 13.8 Å². The molecule has 1 rings (SSSR count). The van der Waals surface area contributed by atoms with Crippen LogP contribution in [-0.2, 0) is 4.79 Å². The molecule has 18 heavy (non-hydrogen) atoms. The highest BCUT2D eigenvalue weighted by molar-refractivity contribution is 6.30. The number of carboxylic acids is 1. The van der Waals surface area contributed by atoms with Crippen LogP contribution < -0.4 is 10.4 Å². The van der Waals surface area contributed by atoms with E-state index in [1.165, 1.54) is 0 Å². The molecule has 0 fully saturated rings. The zero-order valence-electron chi connectivity index (χ0n) is 10.3. The zero-order chi connectivity index (χ0) is 13.7. The number of rotatable bonds is 5. The fourth-order valence-electron chi connectivity index (χ4n) is 1.53. The highest BCUT2D eigenvalue weighted by Gasteiger charge is 2.16. The second-order valence-corrected chi connectivity index (χ2v) is 4.92. The Bertz CT molecular complexity index is 428. The van der Waals surface area contributed by atoms with E-state index >= 15 is 0 Å². The third-order valence-corrected chi connectivity index (χ3v) is 2.66. The summed E-state index contributed by atoms with van der Waals surface area (Å²) in [6, 6.07) is 5.26. The van der Waals surface area contributed by atoms with Crippen molar-refractivity contribution in [3.63, 3.8) is 0 Å². The fraction of sp³-hybridized carbons (Fsp3) is 0.385. The average molecular weight is 269 g/mol. The van der Waals surface area contributed by atoms with Crippen LogP contribution in [0.2, 0.25) is 5.02 Å². The van der Waals surface area contributed by atoms with Gasteiger partial charge in [0, 0.05) is 10.6 Å². The van der Waals surface area contributed by atoms with Gasteiger partial charge in [-0.05, 0) is 36.6 Å². The van der Waals surface area contributed by atoms with Gasteiger partial charge in [0.15, 0.2) is 0 Å². The van der Waals surface area contributed by atoms with Crippen molar-refractivity contribution in [2.24, 2.45) is 5.92 Å². The van der Waals surface area contributed by atoms with Crippen LogP contribution in [-0.4, -0.2) is 17.9 Å². The second-order valence-electron chi connectivity index (χ2n) is 4.48. The number of carboxylic acid groups (broad SMARTS) is 1. The van der Waals surface area contributed by atoms with Gasteiger partial charge < -0.3 is 15.2 Å². The Labute approximate surface area is 111 Å². The lowest BCUT2D eigenvalue weighted by Crippen LogP contribution is -2.48. The number of carbonyl (C=O) groups is 2. The largest absolute Gasteiger partial charge is 0.548 e. The van der Waals surface area contributed by atoms with Gasteiger partial charge in [0.2, 0.25) is 0 Å². The van der Waals surface area contributed by atoms with E-state index in [0.29, 0.717) is 17.0 Å². The SMILES string of the molecule is CC(C)C[C@@H](NC(=O)c1ccc(Cl)cc1)C(=O)[O-]. The molecule has 0 heterocycles. The van der Waals surface area contributed by atoms with Gasteiger partial charge in [-0.25, -0.2) is 0 Å². The molecule has 0 aliphatic carbocycles. The lowest BCUT2D eigenvalue weighted by molar-refractivity contribution is -0.308. The third kappa shape index (κ3) is 4.37. The molecule has 0 unspecified atom stereocenters. The van der Waals surface area contributed by atoms with Gasteiger partial charge in [-0.1, -0.05) is 25.4 Å². The van der Waals surface area contributed by atoms with Crippen molar-refractivity contribution >= 4 is 23.5 Å². The first-order valence-electron chi connectivity index (χ1n) is 5.67. The number of nitrogens with one attached hydrogen (secondary N) is 1. The highest BCUT2D eigenvalue weighted by atomic mass is 35.5. The molecule has 1 aromatic carbocycles. The first kappa shape index (κ1) is 14.5. The van der Waals surface area contributed by atoms with Gasteiger partial charge in [-0.3, -0.25) is 4.79 Å². The molecular weight excluding hydrogens is 254 g/mol. The van der Waals surface area contributed by atoms with Gasteiger partial charge in [0.1, 0.15) is 0 Å². The molecule has 1 amide bonds. The van der Waals surface area contributed by atoms with E-state index < -0.39 is 17.9 Å². The van der Waals surface area contributed by atoms with Gasteiger partial charge in [0.05, 0.1) is 12.0 Å². The van der Waals surface area contributed by atoms with Crippen LogP contribution >= 0.6 is 11.6 Å². The Kier molecular flexibility index (Phi) is 5.16. The maximum absolute atomic E-state index is 11.8. The maximum atomic E-state index is 11.8. The number of halogens is 1. The summed E-state index contributed by atoms with van der Waals surface area (Å²) < 4.78 is 0. The normalized spacial score (nSPS) is 12.2. The van der Waals surface area contributed by atoms with Crippen molar-refractivity contribution in [2.45, 2.75) is 26.3 Å².